The molecule has 0 saturated heterocycles. The highest BCUT2D eigenvalue weighted by atomic mass is 35.5. The van der Waals surface area contributed by atoms with Crippen LogP contribution in [0.3, 0.4) is 0 Å². The van der Waals surface area contributed by atoms with E-state index in [0.717, 1.165) is 29.6 Å². The Morgan fingerprint density at radius 3 is 2.63 bits per heavy atom. The lowest BCUT2D eigenvalue weighted by Gasteiger charge is -2.16. The molecule has 0 bridgehead atoms. The maximum atomic E-state index is 5.91. The van der Waals surface area contributed by atoms with Gasteiger partial charge in [-0.15, -0.1) is 0 Å². The van der Waals surface area contributed by atoms with E-state index in [0.29, 0.717) is 0 Å². The predicted octanol–water partition coefficient (Wildman–Crippen LogP) is 4.43. The second kappa shape index (κ2) is 6.11. The first-order valence-electron chi connectivity index (χ1n) is 6.66. The van der Waals surface area contributed by atoms with Gasteiger partial charge in [0.1, 0.15) is 0 Å². The molecule has 102 valence electrons. The Bertz CT molecular complexity index is 531. The summed E-state index contributed by atoms with van der Waals surface area (Å²) in [5, 5.41) is 4.22. The van der Waals surface area contributed by atoms with Gasteiger partial charge in [0.15, 0.2) is 0 Å². The third kappa shape index (κ3) is 3.51. The smallest absolute Gasteiger partial charge is 0.203 e. The molecular weight excluding hydrogens is 258 g/mol. The first kappa shape index (κ1) is 13.9. The van der Waals surface area contributed by atoms with E-state index in [-0.39, 0.29) is 6.04 Å². The minimum Gasteiger partial charge on any atom is -0.349 e. The van der Waals surface area contributed by atoms with E-state index in [4.69, 9.17) is 11.6 Å². The molecule has 0 radical (unpaired) electrons. The number of halogens is 1. The van der Waals surface area contributed by atoms with Gasteiger partial charge in [0.05, 0.1) is 11.7 Å². The van der Waals surface area contributed by atoms with Crippen molar-refractivity contribution in [3.8, 4) is 0 Å². The summed E-state index contributed by atoms with van der Waals surface area (Å²) in [6.07, 6.45) is 3.18. The summed E-state index contributed by atoms with van der Waals surface area (Å²) in [6, 6.07) is 8.12. The molecule has 0 saturated carbocycles. The Morgan fingerprint density at radius 1 is 1.32 bits per heavy atom. The third-order valence-corrected chi connectivity index (χ3v) is 3.33. The van der Waals surface area contributed by atoms with E-state index in [1.807, 2.05) is 31.2 Å². The van der Waals surface area contributed by atoms with Crippen molar-refractivity contribution in [2.45, 2.75) is 39.8 Å². The summed E-state index contributed by atoms with van der Waals surface area (Å²) in [4.78, 5) is 4.54. The molecule has 0 spiro atoms. The van der Waals surface area contributed by atoms with Gasteiger partial charge in [-0.1, -0.05) is 30.7 Å². The summed E-state index contributed by atoms with van der Waals surface area (Å²) in [5.74, 6) is 0.932. The number of rotatable bonds is 5. The molecule has 2 rings (SSSR count). The van der Waals surface area contributed by atoms with Gasteiger partial charge in [-0.2, -0.15) is 0 Å². The van der Waals surface area contributed by atoms with Gasteiger partial charge in [-0.05, 0) is 38.0 Å². The van der Waals surface area contributed by atoms with Crippen LogP contribution in [0.2, 0.25) is 5.02 Å². The Balaban J connectivity index is 2.14. The van der Waals surface area contributed by atoms with Gasteiger partial charge in [0, 0.05) is 17.8 Å². The standard InChI is InChI=1S/C15H20ClN3/c1-4-9-19-10-11(2)17-15(19)18-12(3)13-5-7-14(16)8-6-13/h5-8,10,12H,4,9H2,1-3H3,(H,17,18). The number of nitrogens with zero attached hydrogens (tertiary/aromatic N) is 2. The molecular formula is C15H20ClN3. The Hall–Kier alpha value is -1.48. The maximum absolute atomic E-state index is 5.91. The van der Waals surface area contributed by atoms with E-state index >= 15 is 0 Å². The molecule has 0 aliphatic carbocycles. The highest BCUT2D eigenvalue weighted by Gasteiger charge is 2.10. The van der Waals surface area contributed by atoms with Crippen LogP contribution in [-0.2, 0) is 6.54 Å². The summed E-state index contributed by atoms with van der Waals surface area (Å²) >= 11 is 5.91. The van der Waals surface area contributed by atoms with Crippen molar-refractivity contribution in [3.05, 3.63) is 46.7 Å². The summed E-state index contributed by atoms with van der Waals surface area (Å²) in [5.41, 5.74) is 2.24. The van der Waals surface area contributed by atoms with Gasteiger partial charge >= 0.3 is 0 Å². The Labute approximate surface area is 119 Å². The zero-order valence-electron chi connectivity index (χ0n) is 11.7. The fourth-order valence-electron chi connectivity index (χ4n) is 2.10. The fraction of sp³-hybridized carbons (Fsp3) is 0.400. The van der Waals surface area contributed by atoms with Crippen molar-refractivity contribution in [1.29, 1.82) is 0 Å². The van der Waals surface area contributed by atoms with Gasteiger partial charge in [0.25, 0.3) is 0 Å². The lowest BCUT2D eigenvalue weighted by molar-refractivity contribution is 0.674. The molecule has 4 heteroatoms. The quantitative estimate of drug-likeness (QED) is 0.876. The monoisotopic (exact) mass is 277 g/mol. The number of benzene rings is 1. The summed E-state index contributed by atoms with van der Waals surface area (Å²) in [6.45, 7) is 7.30. The second-order valence-electron chi connectivity index (χ2n) is 4.82. The zero-order valence-corrected chi connectivity index (χ0v) is 12.4. The molecule has 0 aliphatic heterocycles. The lowest BCUT2D eigenvalue weighted by Crippen LogP contribution is -2.11. The van der Waals surface area contributed by atoms with E-state index in [9.17, 15) is 0 Å². The van der Waals surface area contributed by atoms with Crippen molar-refractivity contribution >= 4 is 17.5 Å². The Morgan fingerprint density at radius 2 is 2.00 bits per heavy atom. The average molecular weight is 278 g/mol. The van der Waals surface area contributed by atoms with Crippen molar-refractivity contribution < 1.29 is 0 Å². The highest BCUT2D eigenvalue weighted by molar-refractivity contribution is 6.30. The van der Waals surface area contributed by atoms with Crippen LogP contribution in [0.25, 0.3) is 0 Å². The van der Waals surface area contributed by atoms with Gasteiger partial charge in [0.2, 0.25) is 5.95 Å². The van der Waals surface area contributed by atoms with Crippen LogP contribution in [-0.4, -0.2) is 9.55 Å². The number of aryl methyl sites for hydroxylation is 2. The SMILES string of the molecule is CCCn1cc(C)nc1NC(C)c1ccc(Cl)cc1. The van der Waals surface area contributed by atoms with Crippen molar-refractivity contribution in [2.24, 2.45) is 0 Å². The van der Waals surface area contributed by atoms with Crippen LogP contribution in [0.1, 0.15) is 37.6 Å². The molecule has 1 atom stereocenters. The molecule has 0 aliphatic rings. The average Bonchev–Trinajstić information content (AvgIpc) is 2.71. The maximum Gasteiger partial charge on any atom is 0.203 e. The highest BCUT2D eigenvalue weighted by Crippen LogP contribution is 2.21. The second-order valence-corrected chi connectivity index (χ2v) is 5.25. The van der Waals surface area contributed by atoms with Crippen LogP contribution in [0.15, 0.2) is 30.5 Å². The predicted molar refractivity (Wildman–Crippen MR) is 80.7 cm³/mol. The molecule has 3 nitrogen and oxygen atoms in total. The number of hydrogen-bond acceptors (Lipinski definition) is 2. The van der Waals surface area contributed by atoms with Gasteiger partial charge in [-0.25, -0.2) is 4.98 Å². The van der Waals surface area contributed by atoms with Crippen LogP contribution < -0.4 is 5.32 Å². The first-order chi connectivity index (χ1) is 9.10. The number of hydrogen-bond donors (Lipinski definition) is 1. The van der Waals surface area contributed by atoms with E-state index in [1.165, 1.54) is 5.56 Å². The third-order valence-electron chi connectivity index (χ3n) is 3.08. The molecule has 1 N–H and O–H groups in total. The van der Waals surface area contributed by atoms with Crippen LogP contribution in [0.5, 0.6) is 0 Å². The molecule has 1 unspecified atom stereocenters. The topological polar surface area (TPSA) is 29.9 Å². The van der Waals surface area contributed by atoms with E-state index in [2.05, 4.69) is 34.9 Å². The van der Waals surface area contributed by atoms with E-state index in [1.54, 1.807) is 0 Å². The number of anilines is 1. The first-order valence-corrected chi connectivity index (χ1v) is 7.03. The number of imidazole rings is 1. The minimum absolute atomic E-state index is 0.203. The molecule has 1 aromatic carbocycles. The molecule has 1 aromatic heterocycles. The normalized spacial score (nSPS) is 12.4. The Kier molecular flexibility index (Phi) is 4.48. The fourth-order valence-corrected chi connectivity index (χ4v) is 2.23. The van der Waals surface area contributed by atoms with Crippen molar-refractivity contribution in [3.63, 3.8) is 0 Å². The van der Waals surface area contributed by atoms with Crippen molar-refractivity contribution in [1.82, 2.24) is 9.55 Å². The van der Waals surface area contributed by atoms with Gasteiger partial charge < -0.3 is 9.88 Å². The number of aromatic nitrogens is 2. The molecule has 19 heavy (non-hydrogen) atoms. The number of nitrogens with one attached hydrogen (secondary N) is 1. The van der Waals surface area contributed by atoms with E-state index < -0.39 is 0 Å². The zero-order chi connectivity index (χ0) is 13.8. The molecule has 2 aromatic rings. The van der Waals surface area contributed by atoms with Gasteiger partial charge in [-0.3, -0.25) is 0 Å². The van der Waals surface area contributed by atoms with Crippen LogP contribution in [0, 0.1) is 6.92 Å². The summed E-state index contributed by atoms with van der Waals surface area (Å²) in [7, 11) is 0. The van der Waals surface area contributed by atoms with Crippen LogP contribution >= 0.6 is 11.6 Å². The van der Waals surface area contributed by atoms with Crippen molar-refractivity contribution in [2.75, 3.05) is 5.32 Å². The summed E-state index contributed by atoms with van der Waals surface area (Å²) < 4.78 is 2.17. The molecule has 1 heterocycles. The minimum atomic E-state index is 0.203. The largest absolute Gasteiger partial charge is 0.349 e. The molecule has 0 fully saturated rings. The lowest BCUT2D eigenvalue weighted by atomic mass is 10.1. The molecule has 0 amide bonds. The van der Waals surface area contributed by atoms with Crippen LogP contribution in [0.4, 0.5) is 5.95 Å².